The summed E-state index contributed by atoms with van der Waals surface area (Å²) in [5.41, 5.74) is -0.697. The SMILES string of the molecule is CC(C#N)(NC(=O)CN1CCCC1CCCO)C1CC1. The van der Waals surface area contributed by atoms with Gasteiger partial charge in [0, 0.05) is 12.6 Å². The third-order valence-electron chi connectivity index (χ3n) is 4.57. The van der Waals surface area contributed by atoms with Crippen molar-refractivity contribution in [3.63, 3.8) is 0 Å². The Bertz CT molecular complexity index is 389. The average molecular weight is 279 g/mol. The van der Waals surface area contributed by atoms with Crippen LogP contribution in [0.3, 0.4) is 0 Å². The van der Waals surface area contributed by atoms with Crippen LogP contribution in [0.25, 0.3) is 0 Å². The van der Waals surface area contributed by atoms with Crippen LogP contribution in [0.5, 0.6) is 0 Å². The molecule has 1 aliphatic carbocycles. The standard InChI is InChI=1S/C15H25N3O2/c1-15(11-16,12-6-7-12)17-14(20)10-18-8-2-4-13(18)5-3-9-19/h12-13,19H,2-10H2,1H3,(H,17,20). The molecule has 0 aromatic heterocycles. The maximum Gasteiger partial charge on any atom is 0.235 e. The number of amides is 1. The van der Waals surface area contributed by atoms with Crippen LogP contribution >= 0.6 is 0 Å². The fourth-order valence-electron chi connectivity index (χ4n) is 3.15. The normalized spacial score (nSPS) is 25.9. The largest absolute Gasteiger partial charge is 0.396 e. The summed E-state index contributed by atoms with van der Waals surface area (Å²) in [6.45, 7) is 3.36. The number of aliphatic hydroxyl groups excluding tert-OH is 1. The highest BCUT2D eigenvalue weighted by Crippen LogP contribution is 2.39. The average Bonchev–Trinajstić information content (AvgIpc) is 3.20. The molecule has 20 heavy (non-hydrogen) atoms. The van der Waals surface area contributed by atoms with Gasteiger partial charge in [-0.1, -0.05) is 0 Å². The second-order valence-electron chi connectivity index (χ2n) is 6.27. The lowest BCUT2D eigenvalue weighted by molar-refractivity contribution is -0.123. The van der Waals surface area contributed by atoms with E-state index < -0.39 is 5.54 Å². The molecule has 1 heterocycles. The topological polar surface area (TPSA) is 76.4 Å². The number of nitrogens with zero attached hydrogens (tertiary/aromatic N) is 2. The van der Waals surface area contributed by atoms with Crippen molar-refractivity contribution in [3.8, 4) is 6.07 Å². The Morgan fingerprint density at radius 3 is 2.85 bits per heavy atom. The van der Waals surface area contributed by atoms with E-state index in [9.17, 15) is 10.1 Å². The zero-order valence-corrected chi connectivity index (χ0v) is 12.3. The first-order valence-corrected chi connectivity index (χ1v) is 7.66. The van der Waals surface area contributed by atoms with Crippen molar-refractivity contribution in [3.05, 3.63) is 0 Å². The molecular formula is C15H25N3O2. The molecule has 2 rings (SSSR count). The van der Waals surface area contributed by atoms with Crippen LogP contribution in [-0.4, -0.2) is 47.2 Å². The molecule has 2 N–H and O–H groups in total. The maximum atomic E-state index is 12.2. The lowest BCUT2D eigenvalue weighted by atomic mass is 9.98. The first kappa shape index (κ1) is 15.3. The van der Waals surface area contributed by atoms with E-state index in [1.54, 1.807) is 0 Å². The molecule has 0 aromatic rings. The smallest absolute Gasteiger partial charge is 0.235 e. The van der Waals surface area contributed by atoms with Gasteiger partial charge in [0.05, 0.1) is 12.6 Å². The molecular weight excluding hydrogens is 254 g/mol. The summed E-state index contributed by atoms with van der Waals surface area (Å²) in [4.78, 5) is 14.4. The Hall–Kier alpha value is -1.12. The molecule has 0 bridgehead atoms. The molecule has 1 saturated carbocycles. The number of nitriles is 1. The van der Waals surface area contributed by atoms with Gasteiger partial charge in [-0.25, -0.2) is 0 Å². The van der Waals surface area contributed by atoms with E-state index in [4.69, 9.17) is 5.11 Å². The Balaban J connectivity index is 1.83. The molecule has 112 valence electrons. The van der Waals surface area contributed by atoms with E-state index >= 15 is 0 Å². The number of carbonyl (C=O) groups excluding carboxylic acids is 1. The van der Waals surface area contributed by atoms with Crippen molar-refractivity contribution in [1.29, 1.82) is 5.26 Å². The number of hydrogen-bond donors (Lipinski definition) is 2. The van der Waals surface area contributed by atoms with Gasteiger partial charge in [-0.15, -0.1) is 0 Å². The van der Waals surface area contributed by atoms with Crippen molar-refractivity contribution in [2.75, 3.05) is 19.7 Å². The van der Waals surface area contributed by atoms with E-state index in [0.717, 1.165) is 45.1 Å². The molecule has 0 spiro atoms. The first-order valence-electron chi connectivity index (χ1n) is 7.66. The van der Waals surface area contributed by atoms with Crippen LogP contribution in [0.1, 0.15) is 45.4 Å². The minimum Gasteiger partial charge on any atom is -0.396 e. The molecule has 1 amide bonds. The highest BCUT2D eigenvalue weighted by Gasteiger charge is 2.43. The molecule has 0 radical (unpaired) electrons. The fraction of sp³-hybridized carbons (Fsp3) is 0.867. The van der Waals surface area contributed by atoms with E-state index in [-0.39, 0.29) is 12.5 Å². The van der Waals surface area contributed by atoms with Gasteiger partial charge in [-0.05, 0) is 57.9 Å². The van der Waals surface area contributed by atoms with Gasteiger partial charge in [0.15, 0.2) is 0 Å². The summed E-state index contributed by atoms with van der Waals surface area (Å²) in [5.74, 6) is 0.275. The van der Waals surface area contributed by atoms with Crippen molar-refractivity contribution in [2.24, 2.45) is 5.92 Å². The van der Waals surface area contributed by atoms with E-state index in [1.165, 1.54) is 0 Å². The van der Waals surface area contributed by atoms with Gasteiger partial charge in [0.25, 0.3) is 0 Å². The molecule has 1 aliphatic heterocycles. The minimum absolute atomic E-state index is 0.0446. The summed E-state index contributed by atoms with van der Waals surface area (Å²) in [6.07, 6.45) is 6.02. The Kier molecular flexibility index (Phi) is 5.00. The number of aliphatic hydroxyl groups is 1. The van der Waals surface area contributed by atoms with Gasteiger partial charge in [-0.3, -0.25) is 9.69 Å². The lowest BCUT2D eigenvalue weighted by Gasteiger charge is -2.27. The predicted molar refractivity (Wildman–Crippen MR) is 75.8 cm³/mol. The van der Waals surface area contributed by atoms with Crippen LogP contribution in [-0.2, 0) is 4.79 Å². The summed E-state index contributed by atoms with van der Waals surface area (Å²) < 4.78 is 0. The fourth-order valence-corrected chi connectivity index (χ4v) is 3.15. The van der Waals surface area contributed by atoms with Crippen LogP contribution in [0.15, 0.2) is 0 Å². The monoisotopic (exact) mass is 279 g/mol. The lowest BCUT2D eigenvalue weighted by Crippen LogP contribution is -2.50. The molecule has 1 saturated heterocycles. The molecule has 2 fully saturated rings. The zero-order valence-electron chi connectivity index (χ0n) is 12.3. The highest BCUT2D eigenvalue weighted by atomic mass is 16.3. The third kappa shape index (κ3) is 3.71. The molecule has 2 unspecified atom stereocenters. The third-order valence-corrected chi connectivity index (χ3v) is 4.57. The van der Waals surface area contributed by atoms with Gasteiger partial charge < -0.3 is 10.4 Å². The van der Waals surface area contributed by atoms with Crippen LogP contribution in [0, 0.1) is 17.2 Å². The van der Waals surface area contributed by atoms with Gasteiger partial charge in [0.1, 0.15) is 5.54 Å². The Morgan fingerprint density at radius 2 is 2.25 bits per heavy atom. The van der Waals surface area contributed by atoms with Crippen LogP contribution in [0.4, 0.5) is 0 Å². The number of carbonyl (C=O) groups is 1. The quantitative estimate of drug-likeness (QED) is 0.730. The van der Waals surface area contributed by atoms with Crippen molar-refractivity contribution >= 4 is 5.91 Å². The van der Waals surface area contributed by atoms with Gasteiger partial charge in [0.2, 0.25) is 5.91 Å². The Labute approximate surface area is 120 Å². The number of hydrogen-bond acceptors (Lipinski definition) is 4. The highest BCUT2D eigenvalue weighted by molar-refractivity contribution is 5.79. The second-order valence-corrected chi connectivity index (χ2v) is 6.27. The summed E-state index contributed by atoms with van der Waals surface area (Å²) in [5, 5.41) is 21.1. The summed E-state index contributed by atoms with van der Waals surface area (Å²) >= 11 is 0. The van der Waals surface area contributed by atoms with Crippen LogP contribution < -0.4 is 5.32 Å². The number of rotatable bonds is 7. The maximum absolute atomic E-state index is 12.2. The molecule has 5 heteroatoms. The van der Waals surface area contributed by atoms with Crippen molar-refractivity contribution < 1.29 is 9.90 Å². The Morgan fingerprint density at radius 1 is 1.50 bits per heavy atom. The molecule has 5 nitrogen and oxygen atoms in total. The predicted octanol–water partition coefficient (Wildman–Crippen LogP) is 1.03. The number of likely N-dealkylation sites (tertiary alicyclic amines) is 1. The van der Waals surface area contributed by atoms with E-state index in [2.05, 4.69) is 16.3 Å². The summed E-state index contributed by atoms with van der Waals surface area (Å²) in [7, 11) is 0. The second kappa shape index (κ2) is 6.55. The van der Waals surface area contributed by atoms with Crippen LogP contribution in [0.2, 0.25) is 0 Å². The number of nitrogens with one attached hydrogen (secondary N) is 1. The van der Waals surface area contributed by atoms with Gasteiger partial charge in [-0.2, -0.15) is 5.26 Å². The zero-order chi connectivity index (χ0) is 14.6. The van der Waals surface area contributed by atoms with Crippen molar-refractivity contribution in [2.45, 2.75) is 57.0 Å². The van der Waals surface area contributed by atoms with E-state index in [0.29, 0.717) is 18.5 Å². The summed E-state index contributed by atoms with van der Waals surface area (Å²) in [6, 6.07) is 2.66. The van der Waals surface area contributed by atoms with Crippen molar-refractivity contribution in [1.82, 2.24) is 10.2 Å². The first-order chi connectivity index (χ1) is 9.59. The van der Waals surface area contributed by atoms with E-state index in [1.807, 2.05) is 6.92 Å². The molecule has 2 atom stereocenters. The molecule has 0 aromatic carbocycles. The minimum atomic E-state index is -0.697. The van der Waals surface area contributed by atoms with Gasteiger partial charge >= 0.3 is 0 Å². The molecule has 2 aliphatic rings.